The molecule has 7 nitrogen and oxygen atoms in total. The van der Waals surface area contributed by atoms with E-state index in [9.17, 15) is 8.42 Å². The summed E-state index contributed by atoms with van der Waals surface area (Å²) >= 11 is 5.27. The SMILES string of the molecule is Cc1ccc(NC(=S)N/N=C/c2c[nH]c3ccc(S(=O)(=O)N4CCCCC4)cc23)cc1. The van der Waals surface area contributed by atoms with Crippen LogP contribution in [0.4, 0.5) is 5.69 Å². The van der Waals surface area contributed by atoms with Gasteiger partial charge < -0.3 is 10.3 Å². The molecule has 2 heterocycles. The highest BCUT2D eigenvalue weighted by molar-refractivity contribution is 7.89. The second-order valence-electron chi connectivity index (χ2n) is 7.61. The van der Waals surface area contributed by atoms with E-state index in [1.54, 1.807) is 34.9 Å². The quantitative estimate of drug-likeness (QED) is 0.308. The number of aryl methyl sites for hydroxylation is 1. The number of fused-ring (bicyclic) bond motifs is 1. The minimum absolute atomic E-state index is 0.306. The number of nitrogens with one attached hydrogen (secondary N) is 3. The Hall–Kier alpha value is -2.75. The molecule has 3 aromatic rings. The average molecular weight is 456 g/mol. The zero-order valence-electron chi connectivity index (χ0n) is 17.3. The number of thiocarbonyl (C=S) groups is 1. The number of hydrogen-bond acceptors (Lipinski definition) is 4. The van der Waals surface area contributed by atoms with E-state index in [0.29, 0.717) is 23.1 Å². The summed E-state index contributed by atoms with van der Waals surface area (Å²) in [6.07, 6.45) is 6.32. The Morgan fingerprint density at radius 2 is 1.87 bits per heavy atom. The Morgan fingerprint density at radius 1 is 1.13 bits per heavy atom. The predicted molar refractivity (Wildman–Crippen MR) is 129 cm³/mol. The zero-order chi connectivity index (χ0) is 21.8. The Labute approximate surface area is 187 Å². The van der Waals surface area contributed by atoms with Gasteiger partial charge in [-0.2, -0.15) is 9.41 Å². The fraction of sp³-hybridized carbons (Fsp3) is 0.273. The molecular weight excluding hydrogens is 430 g/mol. The van der Waals surface area contributed by atoms with Crippen LogP contribution >= 0.6 is 12.2 Å². The summed E-state index contributed by atoms with van der Waals surface area (Å²) in [7, 11) is -3.49. The van der Waals surface area contributed by atoms with E-state index in [1.807, 2.05) is 31.2 Å². The molecule has 162 valence electrons. The maximum absolute atomic E-state index is 13.0. The summed E-state index contributed by atoms with van der Waals surface area (Å²) in [5.74, 6) is 0. The van der Waals surface area contributed by atoms with Crippen molar-refractivity contribution in [2.75, 3.05) is 18.4 Å². The van der Waals surface area contributed by atoms with E-state index in [1.165, 1.54) is 5.56 Å². The van der Waals surface area contributed by atoms with Crippen LogP contribution < -0.4 is 10.7 Å². The number of hydrogen-bond donors (Lipinski definition) is 3. The molecule has 2 aromatic carbocycles. The van der Waals surface area contributed by atoms with E-state index in [-0.39, 0.29) is 0 Å². The van der Waals surface area contributed by atoms with Crippen LogP contribution in [0.1, 0.15) is 30.4 Å². The van der Waals surface area contributed by atoms with Crippen molar-refractivity contribution in [2.45, 2.75) is 31.1 Å². The van der Waals surface area contributed by atoms with Gasteiger partial charge in [-0.15, -0.1) is 0 Å². The maximum atomic E-state index is 13.0. The van der Waals surface area contributed by atoms with Crippen LogP contribution in [-0.2, 0) is 10.0 Å². The first kappa shape index (κ1) is 21.5. The van der Waals surface area contributed by atoms with E-state index in [4.69, 9.17) is 12.2 Å². The lowest BCUT2D eigenvalue weighted by molar-refractivity contribution is 0.346. The molecule has 0 saturated carbocycles. The van der Waals surface area contributed by atoms with Crippen molar-refractivity contribution < 1.29 is 8.42 Å². The monoisotopic (exact) mass is 455 g/mol. The summed E-state index contributed by atoms with van der Waals surface area (Å²) < 4.78 is 27.6. The molecule has 0 atom stereocenters. The molecule has 31 heavy (non-hydrogen) atoms. The number of rotatable bonds is 5. The molecule has 1 aliphatic rings. The highest BCUT2D eigenvalue weighted by Crippen LogP contribution is 2.25. The Balaban J connectivity index is 1.48. The normalized spacial score (nSPS) is 15.4. The molecule has 1 aliphatic heterocycles. The first-order valence-electron chi connectivity index (χ1n) is 10.2. The molecule has 0 spiro atoms. The van der Waals surface area contributed by atoms with Gasteiger partial charge in [0.15, 0.2) is 5.11 Å². The molecule has 0 unspecified atom stereocenters. The Morgan fingerprint density at radius 3 is 2.61 bits per heavy atom. The molecule has 1 aromatic heterocycles. The van der Waals surface area contributed by atoms with Crippen LogP contribution in [0.25, 0.3) is 10.9 Å². The van der Waals surface area contributed by atoms with Crippen molar-refractivity contribution in [1.29, 1.82) is 0 Å². The van der Waals surface area contributed by atoms with Gasteiger partial charge in [-0.25, -0.2) is 8.42 Å². The summed E-state index contributed by atoms with van der Waals surface area (Å²) in [4.78, 5) is 3.46. The molecule has 4 rings (SSSR count). The highest BCUT2D eigenvalue weighted by Gasteiger charge is 2.26. The lowest BCUT2D eigenvalue weighted by atomic mass is 10.2. The second kappa shape index (κ2) is 9.17. The van der Waals surface area contributed by atoms with Gasteiger partial charge in [-0.3, -0.25) is 5.43 Å². The maximum Gasteiger partial charge on any atom is 0.243 e. The topological polar surface area (TPSA) is 89.6 Å². The van der Waals surface area contributed by atoms with Crippen LogP contribution in [0.5, 0.6) is 0 Å². The van der Waals surface area contributed by atoms with Gasteiger partial charge >= 0.3 is 0 Å². The largest absolute Gasteiger partial charge is 0.361 e. The minimum Gasteiger partial charge on any atom is -0.361 e. The number of piperidine rings is 1. The molecule has 0 radical (unpaired) electrons. The fourth-order valence-corrected chi connectivity index (χ4v) is 5.31. The number of H-pyrrole nitrogens is 1. The van der Waals surface area contributed by atoms with Gasteiger partial charge in [0, 0.05) is 41.4 Å². The third kappa shape index (κ3) is 4.95. The van der Waals surface area contributed by atoms with Gasteiger partial charge in [0.2, 0.25) is 10.0 Å². The summed E-state index contributed by atoms with van der Waals surface area (Å²) in [6, 6.07) is 13.0. The number of benzene rings is 2. The lowest BCUT2D eigenvalue weighted by Gasteiger charge is -2.25. The number of aromatic amines is 1. The third-order valence-electron chi connectivity index (χ3n) is 5.32. The summed E-state index contributed by atoms with van der Waals surface area (Å²) in [5.41, 5.74) is 6.46. The van der Waals surface area contributed by atoms with Crippen molar-refractivity contribution >= 4 is 50.2 Å². The molecule has 1 saturated heterocycles. The number of nitrogens with zero attached hydrogens (tertiary/aromatic N) is 2. The first-order chi connectivity index (χ1) is 14.9. The molecule has 1 fully saturated rings. The Bertz CT molecular complexity index is 1210. The highest BCUT2D eigenvalue weighted by atomic mass is 32.2. The number of hydrazone groups is 1. The van der Waals surface area contributed by atoms with Gasteiger partial charge in [0.05, 0.1) is 11.1 Å². The van der Waals surface area contributed by atoms with E-state index >= 15 is 0 Å². The summed E-state index contributed by atoms with van der Waals surface area (Å²) in [6.45, 7) is 3.18. The van der Waals surface area contributed by atoms with Crippen LogP contribution in [0.3, 0.4) is 0 Å². The van der Waals surface area contributed by atoms with Gasteiger partial charge in [0.25, 0.3) is 0 Å². The van der Waals surface area contributed by atoms with Crippen LogP contribution in [0, 0.1) is 6.92 Å². The van der Waals surface area contributed by atoms with E-state index < -0.39 is 10.0 Å². The average Bonchev–Trinajstić information content (AvgIpc) is 3.18. The summed E-state index contributed by atoms with van der Waals surface area (Å²) in [5, 5.41) is 8.43. The van der Waals surface area contributed by atoms with Crippen molar-refractivity contribution in [3.05, 3.63) is 59.8 Å². The van der Waals surface area contributed by atoms with Gasteiger partial charge in [-0.05, 0) is 62.3 Å². The van der Waals surface area contributed by atoms with Gasteiger partial charge in [0.1, 0.15) is 0 Å². The molecule has 9 heteroatoms. The van der Waals surface area contributed by atoms with E-state index in [2.05, 4.69) is 20.8 Å². The lowest BCUT2D eigenvalue weighted by Crippen LogP contribution is -2.35. The zero-order valence-corrected chi connectivity index (χ0v) is 18.9. The van der Waals surface area contributed by atoms with Crippen LogP contribution in [0.15, 0.2) is 58.7 Å². The predicted octanol–water partition coefficient (Wildman–Crippen LogP) is 3.97. The second-order valence-corrected chi connectivity index (χ2v) is 9.95. The van der Waals surface area contributed by atoms with E-state index in [0.717, 1.165) is 41.4 Å². The third-order valence-corrected chi connectivity index (χ3v) is 7.41. The number of anilines is 1. The van der Waals surface area contributed by atoms with Crippen molar-refractivity contribution in [2.24, 2.45) is 5.10 Å². The first-order valence-corrected chi connectivity index (χ1v) is 12.1. The molecule has 3 N–H and O–H groups in total. The number of sulfonamides is 1. The van der Waals surface area contributed by atoms with Crippen LogP contribution in [0.2, 0.25) is 0 Å². The fourth-order valence-electron chi connectivity index (χ4n) is 3.60. The van der Waals surface area contributed by atoms with Crippen molar-refractivity contribution in [3.63, 3.8) is 0 Å². The Kier molecular flexibility index (Phi) is 6.35. The standard InChI is InChI=1S/C22H25N5O2S2/c1-16-5-7-18(8-6-16)25-22(30)26-24-15-17-14-23-21-10-9-19(13-20(17)21)31(28,29)27-11-3-2-4-12-27/h5-10,13-15,23H,2-4,11-12H2,1H3,(H2,25,26,30)/b24-15+. The minimum atomic E-state index is -3.49. The molecule has 0 bridgehead atoms. The molecule has 0 amide bonds. The van der Waals surface area contributed by atoms with Crippen molar-refractivity contribution in [3.8, 4) is 0 Å². The molecular formula is C22H25N5O2S2. The molecule has 0 aliphatic carbocycles. The number of aromatic nitrogens is 1. The van der Waals surface area contributed by atoms with Crippen molar-refractivity contribution in [1.82, 2.24) is 14.7 Å². The van der Waals surface area contributed by atoms with Crippen LogP contribution in [-0.4, -0.2) is 42.1 Å². The smallest absolute Gasteiger partial charge is 0.243 e. The van der Waals surface area contributed by atoms with Gasteiger partial charge in [-0.1, -0.05) is 24.1 Å².